The number of rotatable bonds is 6. The number of hydrogen-bond donors (Lipinski definition) is 0. The highest BCUT2D eigenvalue weighted by atomic mass is 16.5. The summed E-state index contributed by atoms with van der Waals surface area (Å²) in [5.41, 5.74) is 2.20. The summed E-state index contributed by atoms with van der Waals surface area (Å²) in [6.07, 6.45) is 8.36. The molecule has 1 fully saturated rings. The standard InChI is InChI=1S/C21H25NO2/c1-23-21-14-18(15-22-19-10-6-3-7-11-19)12-13-20(21)24-16-17-8-4-2-5-9-17/h2,4-5,8-9,12-15,19H,3,6-7,10-11,16H2,1H3. The third kappa shape index (κ3) is 4.60. The Morgan fingerprint density at radius 2 is 1.79 bits per heavy atom. The fourth-order valence-corrected chi connectivity index (χ4v) is 3.04. The summed E-state index contributed by atoms with van der Waals surface area (Å²) in [6, 6.07) is 16.6. The Kier molecular flexibility index (Phi) is 5.89. The van der Waals surface area contributed by atoms with Gasteiger partial charge in [0.1, 0.15) is 6.61 Å². The van der Waals surface area contributed by atoms with Gasteiger partial charge in [-0.3, -0.25) is 4.99 Å². The average Bonchev–Trinajstić information content (AvgIpc) is 2.66. The molecule has 3 rings (SSSR count). The predicted molar refractivity (Wildman–Crippen MR) is 98.2 cm³/mol. The van der Waals surface area contributed by atoms with Crippen molar-refractivity contribution in [3.63, 3.8) is 0 Å². The van der Waals surface area contributed by atoms with Crippen LogP contribution in [0.3, 0.4) is 0 Å². The van der Waals surface area contributed by atoms with Crippen LogP contribution >= 0.6 is 0 Å². The van der Waals surface area contributed by atoms with E-state index in [1.165, 1.54) is 32.1 Å². The molecule has 24 heavy (non-hydrogen) atoms. The Hall–Kier alpha value is -2.29. The van der Waals surface area contributed by atoms with E-state index < -0.39 is 0 Å². The molecule has 2 aromatic carbocycles. The van der Waals surface area contributed by atoms with Crippen molar-refractivity contribution in [1.29, 1.82) is 0 Å². The van der Waals surface area contributed by atoms with Gasteiger partial charge in [0.15, 0.2) is 11.5 Å². The minimum atomic E-state index is 0.485. The molecule has 3 nitrogen and oxygen atoms in total. The number of aliphatic imine (C=N–C) groups is 1. The molecule has 3 heteroatoms. The van der Waals surface area contributed by atoms with Crippen molar-refractivity contribution in [3.05, 3.63) is 59.7 Å². The molecule has 2 aromatic rings. The Balaban J connectivity index is 1.65. The molecule has 0 bridgehead atoms. The SMILES string of the molecule is COc1cc(C=NC2CCCCC2)ccc1OCc1ccccc1. The van der Waals surface area contributed by atoms with Crippen molar-refractivity contribution in [2.75, 3.05) is 7.11 Å². The number of hydrogen-bond acceptors (Lipinski definition) is 3. The van der Waals surface area contributed by atoms with E-state index in [1.54, 1.807) is 7.11 Å². The first kappa shape index (κ1) is 16.6. The van der Waals surface area contributed by atoms with Crippen LogP contribution in [-0.2, 0) is 6.61 Å². The molecule has 1 saturated carbocycles. The lowest BCUT2D eigenvalue weighted by Crippen LogP contribution is -2.09. The highest BCUT2D eigenvalue weighted by Gasteiger charge is 2.11. The lowest BCUT2D eigenvalue weighted by atomic mass is 9.96. The Bertz CT molecular complexity index is 661. The van der Waals surface area contributed by atoms with Gasteiger partial charge in [-0.2, -0.15) is 0 Å². The van der Waals surface area contributed by atoms with Gasteiger partial charge in [-0.25, -0.2) is 0 Å². The van der Waals surface area contributed by atoms with Gasteiger partial charge in [0.2, 0.25) is 0 Å². The second-order valence-corrected chi connectivity index (χ2v) is 6.25. The smallest absolute Gasteiger partial charge is 0.161 e. The summed E-state index contributed by atoms with van der Waals surface area (Å²) >= 11 is 0. The van der Waals surface area contributed by atoms with E-state index in [-0.39, 0.29) is 0 Å². The number of benzene rings is 2. The van der Waals surface area contributed by atoms with E-state index in [0.717, 1.165) is 22.6 Å². The van der Waals surface area contributed by atoms with Gasteiger partial charge < -0.3 is 9.47 Å². The molecule has 0 amide bonds. The van der Waals surface area contributed by atoms with Crippen LogP contribution in [-0.4, -0.2) is 19.4 Å². The van der Waals surface area contributed by atoms with E-state index in [9.17, 15) is 0 Å². The van der Waals surface area contributed by atoms with Gasteiger partial charge in [0.25, 0.3) is 0 Å². The maximum Gasteiger partial charge on any atom is 0.161 e. The van der Waals surface area contributed by atoms with E-state index >= 15 is 0 Å². The fraction of sp³-hybridized carbons (Fsp3) is 0.381. The molecule has 0 spiro atoms. The van der Waals surface area contributed by atoms with Crippen molar-refractivity contribution in [2.45, 2.75) is 44.8 Å². The largest absolute Gasteiger partial charge is 0.493 e. The predicted octanol–water partition coefficient (Wildman–Crippen LogP) is 5.03. The molecule has 126 valence electrons. The highest BCUT2D eigenvalue weighted by molar-refractivity contribution is 5.81. The topological polar surface area (TPSA) is 30.8 Å². The molecule has 1 aliphatic carbocycles. The maximum atomic E-state index is 5.89. The van der Waals surface area contributed by atoms with Gasteiger partial charge in [-0.1, -0.05) is 49.6 Å². The van der Waals surface area contributed by atoms with Crippen LogP contribution in [0.1, 0.15) is 43.2 Å². The first-order valence-electron chi connectivity index (χ1n) is 8.73. The summed E-state index contributed by atoms with van der Waals surface area (Å²) in [7, 11) is 1.67. The van der Waals surface area contributed by atoms with Crippen LogP contribution in [0.4, 0.5) is 0 Å². The first-order valence-corrected chi connectivity index (χ1v) is 8.73. The summed E-state index contributed by atoms with van der Waals surface area (Å²) in [5.74, 6) is 1.51. The fourth-order valence-electron chi connectivity index (χ4n) is 3.04. The van der Waals surface area contributed by atoms with Crippen LogP contribution in [0.25, 0.3) is 0 Å². The van der Waals surface area contributed by atoms with Crippen LogP contribution in [0.15, 0.2) is 53.5 Å². The van der Waals surface area contributed by atoms with Crippen molar-refractivity contribution in [3.8, 4) is 11.5 Å². The van der Waals surface area contributed by atoms with Gasteiger partial charge >= 0.3 is 0 Å². The molecule has 0 aliphatic heterocycles. The zero-order valence-electron chi connectivity index (χ0n) is 14.3. The van der Waals surface area contributed by atoms with E-state index in [2.05, 4.69) is 12.1 Å². The van der Waals surface area contributed by atoms with Gasteiger partial charge in [-0.05, 0) is 42.2 Å². The molecule has 0 heterocycles. The maximum absolute atomic E-state index is 5.89. The molecule has 0 N–H and O–H groups in total. The second kappa shape index (κ2) is 8.53. The molecule has 0 atom stereocenters. The van der Waals surface area contributed by atoms with E-state index in [4.69, 9.17) is 14.5 Å². The molecule has 0 radical (unpaired) electrons. The zero-order chi connectivity index (χ0) is 16.6. The summed E-state index contributed by atoms with van der Waals surface area (Å²) in [4.78, 5) is 4.73. The Labute approximate surface area is 144 Å². The van der Waals surface area contributed by atoms with Gasteiger partial charge in [0.05, 0.1) is 7.11 Å². The molecule has 1 aliphatic rings. The molecule has 0 unspecified atom stereocenters. The van der Waals surface area contributed by atoms with Crippen LogP contribution in [0.2, 0.25) is 0 Å². The lowest BCUT2D eigenvalue weighted by Gasteiger charge is -2.17. The monoisotopic (exact) mass is 323 g/mol. The number of ether oxygens (including phenoxy) is 2. The summed E-state index contributed by atoms with van der Waals surface area (Å²) in [6.45, 7) is 0.534. The number of nitrogens with zero attached hydrogens (tertiary/aromatic N) is 1. The average molecular weight is 323 g/mol. The quantitative estimate of drug-likeness (QED) is 0.698. The van der Waals surface area contributed by atoms with E-state index in [1.807, 2.05) is 42.6 Å². The third-order valence-corrected chi connectivity index (χ3v) is 4.43. The molecular formula is C21H25NO2. The van der Waals surface area contributed by atoms with Crippen molar-refractivity contribution >= 4 is 6.21 Å². The first-order chi connectivity index (χ1) is 11.8. The van der Waals surface area contributed by atoms with Gasteiger partial charge in [-0.15, -0.1) is 0 Å². The van der Waals surface area contributed by atoms with Crippen molar-refractivity contribution in [2.24, 2.45) is 4.99 Å². The molecule has 0 saturated heterocycles. The normalized spacial score (nSPS) is 15.5. The Morgan fingerprint density at radius 3 is 2.54 bits per heavy atom. The van der Waals surface area contributed by atoms with Crippen molar-refractivity contribution in [1.82, 2.24) is 0 Å². The molecular weight excluding hydrogens is 298 g/mol. The van der Waals surface area contributed by atoms with Crippen molar-refractivity contribution < 1.29 is 9.47 Å². The minimum absolute atomic E-state index is 0.485. The molecule has 0 aromatic heterocycles. The van der Waals surface area contributed by atoms with Crippen LogP contribution in [0, 0.1) is 0 Å². The third-order valence-electron chi connectivity index (χ3n) is 4.43. The minimum Gasteiger partial charge on any atom is -0.493 e. The second-order valence-electron chi connectivity index (χ2n) is 6.25. The Morgan fingerprint density at radius 1 is 1.00 bits per heavy atom. The zero-order valence-corrected chi connectivity index (χ0v) is 14.3. The van der Waals surface area contributed by atoms with Crippen LogP contribution < -0.4 is 9.47 Å². The lowest BCUT2D eigenvalue weighted by molar-refractivity contribution is 0.284. The highest BCUT2D eigenvalue weighted by Crippen LogP contribution is 2.28. The summed E-state index contributed by atoms with van der Waals surface area (Å²) in [5, 5.41) is 0. The van der Waals surface area contributed by atoms with E-state index in [0.29, 0.717) is 12.6 Å². The number of methoxy groups -OCH3 is 1. The van der Waals surface area contributed by atoms with Crippen LogP contribution in [0.5, 0.6) is 11.5 Å². The van der Waals surface area contributed by atoms with Gasteiger partial charge in [0, 0.05) is 12.3 Å². The summed E-state index contributed by atoms with van der Waals surface area (Å²) < 4.78 is 11.4.